The standard InChI is InChI=1S/C14H21NO3/c1-17-12-3-4-14(18-2)13(9-12)15-7-5-11(10-16)6-8-15/h3-4,9,11,16H,5-8,10H2,1-2H3. The molecule has 1 fully saturated rings. The molecule has 18 heavy (non-hydrogen) atoms. The van der Waals surface area contributed by atoms with Gasteiger partial charge in [0.15, 0.2) is 0 Å². The summed E-state index contributed by atoms with van der Waals surface area (Å²) in [6.45, 7) is 2.20. The number of aliphatic hydroxyl groups excluding tert-OH is 1. The Morgan fingerprint density at radius 3 is 2.50 bits per heavy atom. The van der Waals surface area contributed by atoms with E-state index in [9.17, 15) is 0 Å². The second-order valence-electron chi connectivity index (χ2n) is 4.65. The summed E-state index contributed by atoms with van der Waals surface area (Å²) in [5.74, 6) is 2.16. The van der Waals surface area contributed by atoms with Crippen molar-refractivity contribution in [1.29, 1.82) is 0 Å². The fourth-order valence-electron chi connectivity index (χ4n) is 2.40. The molecule has 0 aliphatic carbocycles. The van der Waals surface area contributed by atoms with Gasteiger partial charge in [-0.25, -0.2) is 0 Å². The highest BCUT2D eigenvalue weighted by atomic mass is 16.5. The molecule has 1 N–H and O–H groups in total. The molecule has 0 radical (unpaired) electrons. The highest BCUT2D eigenvalue weighted by Gasteiger charge is 2.21. The van der Waals surface area contributed by atoms with Crippen molar-refractivity contribution in [1.82, 2.24) is 0 Å². The molecular weight excluding hydrogens is 230 g/mol. The summed E-state index contributed by atoms with van der Waals surface area (Å²) in [6, 6.07) is 5.85. The van der Waals surface area contributed by atoms with Gasteiger partial charge in [0.1, 0.15) is 11.5 Å². The predicted octanol–water partition coefficient (Wildman–Crippen LogP) is 1.91. The Labute approximate surface area is 108 Å². The molecular formula is C14H21NO3. The summed E-state index contributed by atoms with van der Waals surface area (Å²) in [4.78, 5) is 2.30. The third-order valence-corrected chi connectivity index (χ3v) is 3.60. The van der Waals surface area contributed by atoms with E-state index < -0.39 is 0 Å². The fourth-order valence-corrected chi connectivity index (χ4v) is 2.40. The number of piperidine rings is 1. The third kappa shape index (κ3) is 2.70. The van der Waals surface area contributed by atoms with E-state index >= 15 is 0 Å². The van der Waals surface area contributed by atoms with E-state index in [2.05, 4.69) is 4.90 Å². The molecule has 1 aliphatic heterocycles. The molecule has 100 valence electrons. The van der Waals surface area contributed by atoms with E-state index in [-0.39, 0.29) is 0 Å². The number of ether oxygens (including phenoxy) is 2. The molecule has 4 heteroatoms. The number of rotatable bonds is 4. The summed E-state index contributed by atoms with van der Waals surface area (Å²) < 4.78 is 10.7. The Hall–Kier alpha value is -1.42. The van der Waals surface area contributed by atoms with Gasteiger partial charge in [0.05, 0.1) is 19.9 Å². The molecule has 1 heterocycles. The van der Waals surface area contributed by atoms with Gasteiger partial charge >= 0.3 is 0 Å². The van der Waals surface area contributed by atoms with E-state index in [1.165, 1.54) is 0 Å². The van der Waals surface area contributed by atoms with Gasteiger partial charge < -0.3 is 19.5 Å². The van der Waals surface area contributed by atoms with Crippen LogP contribution in [0, 0.1) is 5.92 Å². The summed E-state index contributed by atoms with van der Waals surface area (Å²) in [6.07, 6.45) is 2.05. The van der Waals surface area contributed by atoms with Crippen molar-refractivity contribution in [2.45, 2.75) is 12.8 Å². The average molecular weight is 251 g/mol. The molecule has 0 aromatic heterocycles. The maximum absolute atomic E-state index is 9.17. The first kappa shape index (κ1) is 13.0. The minimum Gasteiger partial charge on any atom is -0.497 e. The quantitative estimate of drug-likeness (QED) is 0.887. The smallest absolute Gasteiger partial charge is 0.142 e. The van der Waals surface area contributed by atoms with Crippen LogP contribution in [0.4, 0.5) is 5.69 Å². The van der Waals surface area contributed by atoms with Gasteiger partial charge in [0.25, 0.3) is 0 Å². The first-order chi connectivity index (χ1) is 8.78. The van der Waals surface area contributed by atoms with Crippen LogP contribution in [0.5, 0.6) is 11.5 Å². The lowest BCUT2D eigenvalue weighted by molar-refractivity contribution is 0.202. The lowest BCUT2D eigenvalue weighted by atomic mass is 9.97. The zero-order chi connectivity index (χ0) is 13.0. The fraction of sp³-hybridized carbons (Fsp3) is 0.571. The number of methoxy groups -OCH3 is 2. The first-order valence-electron chi connectivity index (χ1n) is 6.36. The molecule has 0 spiro atoms. The van der Waals surface area contributed by atoms with Gasteiger partial charge in [-0.05, 0) is 30.9 Å². The highest BCUT2D eigenvalue weighted by molar-refractivity contribution is 5.61. The van der Waals surface area contributed by atoms with Crippen LogP contribution in [0.25, 0.3) is 0 Å². The Morgan fingerprint density at radius 2 is 1.94 bits per heavy atom. The maximum Gasteiger partial charge on any atom is 0.142 e. The number of hydrogen-bond acceptors (Lipinski definition) is 4. The number of nitrogens with zero attached hydrogens (tertiary/aromatic N) is 1. The van der Waals surface area contributed by atoms with E-state index in [4.69, 9.17) is 14.6 Å². The second-order valence-corrected chi connectivity index (χ2v) is 4.65. The van der Waals surface area contributed by atoms with Crippen molar-refractivity contribution in [3.05, 3.63) is 18.2 Å². The zero-order valence-corrected chi connectivity index (χ0v) is 11.1. The summed E-state index contributed by atoms with van der Waals surface area (Å²) >= 11 is 0. The number of hydrogen-bond donors (Lipinski definition) is 1. The Balaban J connectivity index is 2.16. The molecule has 2 rings (SSSR count). The summed E-state index contributed by atoms with van der Waals surface area (Å²) in [5.41, 5.74) is 1.08. The van der Waals surface area contributed by atoms with Crippen LogP contribution < -0.4 is 14.4 Å². The minimum absolute atomic E-state index is 0.295. The second kappa shape index (κ2) is 5.96. The van der Waals surface area contributed by atoms with Crippen molar-refractivity contribution in [3.63, 3.8) is 0 Å². The first-order valence-corrected chi connectivity index (χ1v) is 6.36. The zero-order valence-electron chi connectivity index (χ0n) is 11.1. The van der Waals surface area contributed by atoms with E-state index in [1.54, 1.807) is 14.2 Å². The van der Waals surface area contributed by atoms with E-state index in [0.717, 1.165) is 43.1 Å². The molecule has 1 aliphatic rings. The van der Waals surface area contributed by atoms with Crippen LogP contribution in [-0.2, 0) is 0 Å². The van der Waals surface area contributed by atoms with Gasteiger partial charge in [0.2, 0.25) is 0 Å². The Bertz CT molecular complexity index is 387. The van der Waals surface area contributed by atoms with Crippen LogP contribution in [0.15, 0.2) is 18.2 Å². The molecule has 0 unspecified atom stereocenters. The Morgan fingerprint density at radius 1 is 1.22 bits per heavy atom. The normalized spacial score (nSPS) is 16.7. The van der Waals surface area contributed by atoms with Crippen molar-refractivity contribution in [3.8, 4) is 11.5 Å². The Kier molecular flexibility index (Phi) is 4.31. The molecule has 4 nitrogen and oxygen atoms in total. The van der Waals surface area contributed by atoms with Crippen molar-refractivity contribution in [2.24, 2.45) is 5.92 Å². The molecule has 0 bridgehead atoms. The molecule has 0 amide bonds. The van der Waals surface area contributed by atoms with Gasteiger partial charge in [-0.2, -0.15) is 0 Å². The lowest BCUT2D eigenvalue weighted by Crippen LogP contribution is -2.34. The summed E-state index contributed by atoms with van der Waals surface area (Å²) in [7, 11) is 3.36. The number of anilines is 1. The largest absolute Gasteiger partial charge is 0.497 e. The van der Waals surface area contributed by atoms with Gasteiger partial charge in [0, 0.05) is 25.8 Å². The average Bonchev–Trinajstić information content (AvgIpc) is 2.46. The predicted molar refractivity (Wildman–Crippen MR) is 71.6 cm³/mol. The van der Waals surface area contributed by atoms with Crippen LogP contribution >= 0.6 is 0 Å². The topological polar surface area (TPSA) is 41.9 Å². The van der Waals surface area contributed by atoms with Crippen LogP contribution in [0.2, 0.25) is 0 Å². The van der Waals surface area contributed by atoms with Crippen molar-refractivity contribution in [2.75, 3.05) is 38.8 Å². The minimum atomic E-state index is 0.295. The van der Waals surface area contributed by atoms with Crippen molar-refractivity contribution >= 4 is 5.69 Å². The molecule has 1 aromatic carbocycles. The molecule has 0 saturated carbocycles. The van der Waals surface area contributed by atoms with Gasteiger partial charge in [-0.1, -0.05) is 0 Å². The lowest BCUT2D eigenvalue weighted by Gasteiger charge is -2.33. The number of aliphatic hydroxyl groups is 1. The SMILES string of the molecule is COc1ccc(OC)c(N2CCC(CO)CC2)c1. The van der Waals surface area contributed by atoms with E-state index in [0.29, 0.717) is 12.5 Å². The molecule has 0 atom stereocenters. The molecule has 1 saturated heterocycles. The third-order valence-electron chi connectivity index (χ3n) is 3.60. The van der Waals surface area contributed by atoms with E-state index in [1.807, 2.05) is 18.2 Å². The highest BCUT2D eigenvalue weighted by Crippen LogP contribution is 2.34. The number of benzene rings is 1. The van der Waals surface area contributed by atoms with Gasteiger partial charge in [-0.15, -0.1) is 0 Å². The maximum atomic E-state index is 9.17. The molecule has 1 aromatic rings. The van der Waals surface area contributed by atoms with Crippen molar-refractivity contribution < 1.29 is 14.6 Å². The van der Waals surface area contributed by atoms with Crippen LogP contribution in [-0.4, -0.2) is 39.0 Å². The van der Waals surface area contributed by atoms with Gasteiger partial charge in [-0.3, -0.25) is 0 Å². The van der Waals surface area contributed by atoms with Crippen LogP contribution in [0.3, 0.4) is 0 Å². The van der Waals surface area contributed by atoms with Crippen LogP contribution in [0.1, 0.15) is 12.8 Å². The monoisotopic (exact) mass is 251 g/mol. The summed E-state index contributed by atoms with van der Waals surface area (Å²) in [5, 5.41) is 9.17.